The Labute approximate surface area is 219 Å². The van der Waals surface area contributed by atoms with Crippen LogP contribution in [0.2, 0.25) is 0 Å². The normalized spacial score (nSPS) is 17.0. The van der Waals surface area contributed by atoms with E-state index in [1.54, 1.807) is 0 Å². The number of rotatable bonds is 11. The maximum absolute atomic E-state index is 15.8. The lowest BCUT2D eigenvalue weighted by Gasteiger charge is -2.30. The van der Waals surface area contributed by atoms with Gasteiger partial charge in [0.15, 0.2) is 5.82 Å². The summed E-state index contributed by atoms with van der Waals surface area (Å²) in [6, 6.07) is 11.7. The van der Waals surface area contributed by atoms with Crippen LogP contribution in [0.25, 0.3) is 0 Å². The second-order valence-electron chi connectivity index (χ2n) is 10.2. The van der Waals surface area contributed by atoms with E-state index < -0.39 is 33.9 Å². The zero-order chi connectivity index (χ0) is 27.2. The van der Waals surface area contributed by atoms with Gasteiger partial charge < -0.3 is 21.1 Å². The Morgan fingerprint density at radius 1 is 1.08 bits per heavy atom. The summed E-state index contributed by atoms with van der Waals surface area (Å²) in [6.45, 7) is 8.10. The van der Waals surface area contributed by atoms with Crippen molar-refractivity contribution in [3.63, 3.8) is 0 Å². The fourth-order valence-electron chi connectivity index (χ4n) is 4.33. The smallest absolute Gasteiger partial charge is 0.254 e. The quantitative estimate of drug-likeness (QED) is 0.352. The van der Waals surface area contributed by atoms with Crippen LogP contribution in [0.3, 0.4) is 0 Å². The van der Waals surface area contributed by atoms with Gasteiger partial charge >= 0.3 is 0 Å². The average Bonchev–Trinajstić information content (AvgIpc) is 2.83. The van der Waals surface area contributed by atoms with E-state index >= 15 is 4.39 Å². The summed E-state index contributed by atoms with van der Waals surface area (Å²) in [7, 11) is -3.69. The third-order valence-corrected chi connectivity index (χ3v) is 8.04. The van der Waals surface area contributed by atoms with Gasteiger partial charge in [-0.05, 0) is 50.8 Å². The zero-order valence-corrected chi connectivity index (χ0v) is 22.8. The van der Waals surface area contributed by atoms with E-state index in [2.05, 4.69) is 16.0 Å². The fraction of sp³-hybridized carbons (Fsp3) is 0.519. The first-order valence-corrected chi connectivity index (χ1v) is 14.5. The molecule has 2 aromatic rings. The predicted octanol–water partition coefficient (Wildman–Crippen LogP) is 3.28. The lowest BCUT2D eigenvalue weighted by Crippen LogP contribution is -2.49. The maximum atomic E-state index is 15.8. The molecule has 0 aromatic heterocycles. The van der Waals surface area contributed by atoms with Crippen LogP contribution in [0.15, 0.2) is 42.5 Å². The van der Waals surface area contributed by atoms with Crippen molar-refractivity contribution in [3.8, 4) is 0 Å². The number of nitrogens with one attached hydrogen (secondary N) is 3. The van der Waals surface area contributed by atoms with Crippen molar-refractivity contribution < 1.29 is 22.7 Å². The van der Waals surface area contributed by atoms with E-state index in [0.717, 1.165) is 9.87 Å². The number of sulfonamides is 1. The first-order chi connectivity index (χ1) is 17.5. The van der Waals surface area contributed by atoms with E-state index in [1.807, 2.05) is 58.0 Å². The molecular formula is C27H39FN4O4S. The molecule has 0 bridgehead atoms. The molecule has 10 heteroatoms. The Balaban J connectivity index is 1.96. The highest BCUT2D eigenvalue weighted by Crippen LogP contribution is 2.32. The molecule has 0 saturated carbocycles. The molecular weight excluding hydrogens is 495 g/mol. The van der Waals surface area contributed by atoms with Gasteiger partial charge in [0.2, 0.25) is 10.0 Å². The number of benzene rings is 2. The van der Waals surface area contributed by atoms with Crippen LogP contribution in [-0.2, 0) is 16.4 Å². The summed E-state index contributed by atoms with van der Waals surface area (Å²) in [6.07, 6.45) is 0.526. The van der Waals surface area contributed by atoms with Gasteiger partial charge in [-0.2, -0.15) is 0 Å². The lowest BCUT2D eigenvalue weighted by molar-refractivity contribution is 0.0823. The van der Waals surface area contributed by atoms with Crippen LogP contribution in [0.5, 0.6) is 0 Å². The van der Waals surface area contributed by atoms with Crippen LogP contribution in [-0.4, -0.2) is 62.5 Å². The molecule has 0 spiro atoms. The Hall–Kier alpha value is -2.69. The molecule has 3 rings (SSSR count). The molecule has 1 amide bonds. The van der Waals surface area contributed by atoms with Gasteiger partial charge in [0.1, 0.15) is 0 Å². The van der Waals surface area contributed by atoms with E-state index in [0.29, 0.717) is 24.9 Å². The summed E-state index contributed by atoms with van der Waals surface area (Å²) < 4.78 is 42.4. The predicted molar refractivity (Wildman–Crippen MR) is 146 cm³/mol. The standard InChI is InChI=1S/C27H39FN4O4S/c1-18(2)29-17-25(33)23(14-20-10-6-5-7-11-20)31-27(34)22-15-21(30-19(3)4)16-24(26(22)28)32-12-8-9-13-37(32,35)36/h5-7,10-11,15-16,18-19,23,25,29-30,33H,8-9,12-14,17H2,1-4H3,(H,31,34)/t23-,25+/m0/s1. The molecule has 1 aliphatic heterocycles. The van der Waals surface area contributed by atoms with Crippen LogP contribution < -0.4 is 20.3 Å². The highest BCUT2D eigenvalue weighted by Gasteiger charge is 2.32. The first-order valence-electron chi connectivity index (χ1n) is 12.8. The molecule has 0 unspecified atom stereocenters. The van der Waals surface area contributed by atoms with Gasteiger partial charge in [0.05, 0.1) is 29.1 Å². The summed E-state index contributed by atoms with van der Waals surface area (Å²) in [5.41, 5.74) is 0.937. The minimum absolute atomic E-state index is 0.0260. The monoisotopic (exact) mass is 534 g/mol. The Morgan fingerprint density at radius 2 is 1.78 bits per heavy atom. The van der Waals surface area contributed by atoms with E-state index in [1.165, 1.54) is 12.1 Å². The average molecular weight is 535 g/mol. The van der Waals surface area contributed by atoms with Crippen molar-refractivity contribution in [2.75, 3.05) is 28.5 Å². The Morgan fingerprint density at radius 3 is 2.41 bits per heavy atom. The van der Waals surface area contributed by atoms with Gasteiger partial charge in [0.25, 0.3) is 5.91 Å². The number of carbonyl (C=O) groups excluding carboxylic acids is 1. The third kappa shape index (κ3) is 7.90. The molecule has 4 N–H and O–H groups in total. The number of hydrogen-bond acceptors (Lipinski definition) is 6. The molecule has 204 valence electrons. The Kier molecular flexibility index (Phi) is 9.92. The molecule has 37 heavy (non-hydrogen) atoms. The zero-order valence-electron chi connectivity index (χ0n) is 22.0. The SMILES string of the molecule is CC(C)NC[C@@H](O)[C@H](Cc1ccccc1)NC(=O)c1cc(NC(C)C)cc(N2CCCCS2(=O)=O)c1F. The molecule has 2 aromatic carbocycles. The molecule has 1 saturated heterocycles. The van der Waals surface area contributed by atoms with Gasteiger partial charge in [-0.1, -0.05) is 44.2 Å². The minimum atomic E-state index is -3.69. The summed E-state index contributed by atoms with van der Waals surface area (Å²) >= 11 is 0. The van der Waals surface area contributed by atoms with Crippen molar-refractivity contribution in [2.45, 2.75) is 71.2 Å². The van der Waals surface area contributed by atoms with Crippen molar-refractivity contribution in [3.05, 3.63) is 59.4 Å². The number of carbonyl (C=O) groups is 1. The first kappa shape index (κ1) is 28.9. The molecule has 1 fully saturated rings. The number of halogens is 1. The van der Waals surface area contributed by atoms with Crippen molar-refractivity contribution in [1.82, 2.24) is 10.6 Å². The van der Waals surface area contributed by atoms with Crippen molar-refractivity contribution in [2.24, 2.45) is 0 Å². The highest BCUT2D eigenvalue weighted by molar-refractivity contribution is 7.92. The second kappa shape index (κ2) is 12.7. The molecule has 8 nitrogen and oxygen atoms in total. The molecule has 2 atom stereocenters. The van der Waals surface area contributed by atoms with Gasteiger partial charge in [-0.15, -0.1) is 0 Å². The van der Waals surface area contributed by atoms with E-state index in [4.69, 9.17) is 0 Å². The maximum Gasteiger partial charge on any atom is 0.254 e. The topological polar surface area (TPSA) is 111 Å². The summed E-state index contributed by atoms with van der Waals surface area (Å²) in [5, 5.41) is 20.1. The number of hydrogen-bond donors (Lipinski definition) is 4. The van der Waals surface area contributed by atoms with Crippen molar-refractivity contribution >= 4 is 27.3 Å². The number of anilines is 2. The molecule has 0 aliphatic carbocycles. The second-order valence-corrected chi connectivity index (χ2v) is 12.2. The van der Waals surface area contributed by atoms with Gasteiger partial charge in [-0.25, -0.2) is 12.8 Å². The van der Waals surface area contributed by atoms with Gasteiger partial charge in [-0.3, -0.25) is 9.10 Å². The summed E-state index contributed by atoms with van der Waals surface area (Å²) in [5.74, 6) is -1.68. The van der Waals surface area contributed by atoms with Gasteiger partial charge in [0, 0.05) is 30.9 Å². The van der Waals surface area contributed by atoms with Crippen molar-refractivity contribution in [1.29, 1.82) is 0 Å². The Bertz CT molecular complexity index is 1160. The number of aliphatic hydroxyl groups excluding tert-OH is 1. The van der Waals surface area contributed by atoms with E-state index in [-0.39, 0.29) is 42.2 Å². The largest absolute Gasteiger partial charge is 0.390 e. The number of aliphatic hydroxyl groups is 1. The molecule has 1 aliphatic rings. The van der Waals surface area contributed by atoms with Crippen LogP contribution >= 0.6 is 0 Å². The minimum Gasteiger partial charge on any atom is -0.390 e. The fourth-order valence-corrected chi connectivity index (χ4v) is 5.96. The third-order valence-electron chi connectivity index (χ3n) is 6.19. The number of nitrogens with zero attached hydrogens (tertiary/aromatic N) is 1. The highest BCUT2D eigenvalue weighted by atomic mass is 32.2. The molecule has 1 heterocycles. The van der Waals surface area contributed by atoms with Crippen LogP contribution in [0, 0.1) is 5.82 Å². The van der Waals surface area contributed by atoms with E-state index in [9.17, 15) is 18.3 Å². The van der Waals surface area contributed by atoms with Crippen LogP contribution in [0.1, 0.15) is 56.5 Å². The molecule has 0 radical (unpaired) electrons. The summed E-state index contributed by atoms with van der Waals surface area (Å²) in [4.78, 5) is 13.5. The lowest BCUT2D eigenvalue weighted by atomic mass is 10.00. The number of amides is 1. The van der Waals surface area contributed by atoms with Crippen LogP contribution in [0.4, 0.5) is 15.8 Å².